The quantitative estimate of drug-likeness (QED) is 0.555. The lowest BCUT2D eigenvalue weighted by molar-refractivity contribution is -0.121. The van der Waals surface area contributed by atoms with Gasteiger partial charge < -0.3 is 4.79 Å². The van der Waals surface area contributed by atoms with Crippen molar-refractivity contribution in [1.29, 1.82) is 0 Å². The molecule has 0 N–H and O–H groups in total. The molecule has 0 radical (unpaired) electrons. The minimum absolute atomic E-state index is 0.0340. The van der Waals surface area contributed by atoms with Crippen LogP contribution in [0.25, 0.3) is 21.8 Å². The molecular formula is C26H24N4O. The number of carbonyl (C=O) groups excluding carboxylic acids is 1. The number of pyridine rings is 1. The van der Waals surface area contributed by atoms with Crippen LogP contribution in [-0.4, -0.2) is 20.5 Å². The van der Waals surface area contributed by atoms with Crippen LogP contribution in [0, 0.1) is 25.3 Å². The molecule has 2 aliphatic carbocycles. The lowest BCUT2D eigenvalue weighted by Crippen LogP contribution is -2.45. The first-order valence-corrected chi connectivity index (χ1v) is 10.7. The average molecular weight is 409 g/mol. The van der Waals surface area contributed by atoms with Gasteiger partial charge in [0.1, 0.15) is 0 Å². The number of hydrogen-bond donors (Lipinski definition) is 0. The Balaban J connectivity index is 1.80. The van der Waals surface area contributed by atoms with Gasteiger partial charge in [0.2, 0.25) is 5.70 Å². The van der Waals surface area contributed by atoms with Gasteiger partial charge >= 0.3 is 0 Å². The van der Waals surface area contributed by atoms with E-state index in [1.807, 2.05) is 29.8 Å². The van der Waals surface area contributed by atoms with Crippen LogP contribution in [0.15, 0.2) is 60.6 Å². The van der Waals surface area contributed by atoms with Crippen molar-refractivity contribution in [1.82, 2.24) is 14.8 Å². The summed E-state index contributed by atoms with van der Waals surface area (Å²) in [6.45, 7) is 13.7. The monoisotopic (exact) mass is 408 g/mol. The zero-order chi connectivity index (χ0) is 21.8. The molecule has 0 fully saturated rings. The molecular weight excluding hydrogens is 384 g/mol. The summed E-state index contributed by atoms with van der Waals surface area (Å²) in [5.74, 6) is -0.0703. The van der Waals surface area contributed by atoms with Crippen molar-refractivity contribution < 1.29 is 4.79 Å². The third kappa shape index (κ3) is 2.86. The highest BCUT2D eigenvalue weighted by molar-refractivity contribution is 6.00. The van der Waals surface area contributed by atoms with Crippen molar-refractivity contribution in [3.8, 4) is 16.9 Å². The Bertz CT molecular complexity index is 1250. The Morgan fingerprint density at radius 2 is 1.87 bits per heavy atom. The highest BCUT2D eigenvalue weighted by atomic mass is 16.1. The molecule has 0 amide bonds. The van der Waals surface area contributed by atoms with Gasteiger partial charge in [-0.25, -0.2) is 9.53 Å². The molecule has 2 heterocycles. The predicted octanol–water partition coefficient (Wildman–Crippen LogP) is 5.08. The molecule has 2 aromatic heterocycles. The molecule has 0 unspecified atom stereocenters. The molecule has 5 heteroatoms. The molecule has 2 aliphatic rings. The molecule has 3 atom stereocenters. The summed E-state index contributed by atoms with van der Waals surface area (Å²) in [7, 11) is 0. The van der Waals surface area contributed by atoms with E-state index in [2.05, 4.69) is 47.9 Å². The summed E-state index contributed by atoms with van der Waals surface area (Å²) in [5.41, 5.74) is 6.36. The Kier molecular flexibility index (Phi) is 4.40. The zero-order valence-corrected chi connectivity index (χ0v) is 18.0. The average Bonchev–Trinajstić information content (AvgIpc) is 3.18. The topological polar surface area (TPSA) is 52.1 Å². The number of nitrogens with zero attached hydrogens (tertiary/aromatic N) is 4. The molecule has 31 heavy (non-hydrogen) atoms. The third-order valence-electron chi connectivity index (χ3n) is 7.03. The van der Waals surface area contributed by atoms with Gasteiger partial charge in [-0.05, 0) is 37.8 Å². The molecule has 3 aromatic rings. The van der Waals surface area contributed by atoms with Gasteiger partial charge in [-0.2, -0.15) is 5.10 Å². The number of aromatic nitrogens is 3. The largest absolute Gasteiger partial charge is 0.308 e. The lowest BCUT2D eigenvalue weighted by atomic mass is 9.58. The summed E-state index contributed by atoms with van der Waals surface area (Å²) in [6, 6.07) is 12.5. The summed E-state index contributed by atoms with van der Waals surface area (Å²) in [4.78, 5) is 20.4. The number of allylic oxidation sites excluding steroid dienone is 2. The standard InChI is InChI=1S/C26H24N4O/c1-16-5-7-18(8-6-16)23-20-9-10-21-17(2)24(31)22(27-4)15-26(21,3)25(20)29-30(23)19-11-13-28-14-12-19/h5-8,11-15,17,21H,9-10H2,1-3H3/t17-,21-,26-/m1/s1. The van der Waals surface area contributed by atoms with Gasteiger partial charge in [-0.3, -0.25) is 4.98 Å². The number of hydrogen-bond acceptors (Lipinski definition) is 3. The molecule has 0 spiro atoms. The van der Waals surface area contributed by atoms with Crippen molar-refractivity contribution in [3.05, 3.63) is 88.8 Å². The molecule has 0 saturated carbocycles. The second-order valence-electron chi connectivity index (χ2n) is 8.88. The highest BCUT2D eigenvalue weighted by Gasteiger charge is 2.50. The minimum Gasteiger partial charge on any atom is -0.308 e. The summed E-state index contributed by atoms with van der Waals surface area (Å²) in [6.07, 6.45) is 7.20. The fourth-order valence-electron chi connectivity index (χ4n) is 5.38. The summed E-state index contributed by atoms with van der Waals surface area (Å²) < 4.78 is 2.01. The van der Waals surface area contributed by atoms with Gasteiger partial charge in [0, 0.05) is 34.9 Å². The van der Waals surface area contributed by atoms with Crippen LogP contribution in [-0.2, 0) is 16.6 Å². The van der Waals surface area contributed by atoms with Gasteiger partial charge in [-0.1, -0.05) is 49.8 Å². The number of fused-ring (bicyclic) bond motifs is 3. The van der Waals surface area contributed by atoms with E-state index >= 15 is 0 Å². The molecule has 154 valence electrons. The van der Waals surface area contributed by atoms with E-state index in [9.17, 15) is 4.79 Å². The van der Waals surface area contributed by atoms with Crippen molar-refractivity contribution in [2.75, 3.05) is 0 Å². The Labute approximate surface area is 182 Å². The Morgan fingerprint density at radius 3 is 2.55 bits per heavy atom. The summed E-state index contributed by atoms with van der Waals surface area (Å²) >= 11 is 0. The molecule has 1 aromatic carbocycles. The van der Waals surface area contributed by atoms with Gasteiger partial charge in [-0.15, -0.1) is 0 Å². The predicted molar refractivity (Wildman–Crippen MR) is 120 cm³/mol. The van der Waals surface area contributed by atoms with E-state index < -0.39 is 5.41 Å². The van der Waals surface area contributed by atoms with Crippen LogP contribution >= 0.6 is 0 Å². The van der Waals surface area contributed by atoms with Crippen LogP contribution < -0.4 is 0 Å². The van der Waals surface area contributed by atoms with E-state index in [0.29, 0.717) is 0 Å². The maximum Gasteiger partial charge on any atom is 0.226 e. The number of Topliss-reactive ketones (excluding diaryl/α,β-unsaturated/α-hetero) is 1. The van der Waals surface area contributed by atoms with E-state index in [0.717, 1.165) is 35.5 Å². The first-order valence-electron chi connectivity index (χ1n) is 10.7. The fourth-order valence-corrected chi connectivity index (χ4v) is 5.38. The Morgan fingerprint density at radius 1 is 1.16 bits per heavy atom. The fraction of sp³-hybridized carbons (Fsp3) is 0.308. The van der Waals surface area contributed by atoms with Crippen LogP contribution in [0.4, 0.5) is 0 Å². The van der Waals surface area contributed by atoms with E-state index in [-0.39, 0.29) is 23.3 Å². The van der Waals surface area contributed by atoms with Gasteiger partial charge in [0.05, 0.1) is 23.6 Å². The number of carbonyl (C=O) groups is 1. The van der Waals surface area contributed by atoms with E-state index in [1.165, 1.54) is 11.1 Å². The molecule has 5 rings (SSSR count). The van der Waals surface area contributed by atoms with Crippen molar-refractivity contribution in [2.45, 2.75) is 39.0 Å². The SMILES string of the molecule is [C-]#[N+]C1=C[C@@]2(C)c3nn(-c4ccncc4)c(-c4ccc(C)cc4)c3CC[C@@H]2[C@@H](C)C1=O. The number of benzene rings is 1. The highest BCUT2D eigenvalue weighted by Crippen LogP contribution is 2.51. The smallest absolute Gasteiger partial charge is 0.226 e. The van der Waals surface area contributed by atoms with Crippen molar-refractivity contribution in [3.63, 3.8) is 0 Å². The maximum atomic E-state index is 12.7. The van der Waals surface area contributed by atoms with Crippen LogP contribution in [0.5, 0.6) is 0 Å². The van der Waals surface area contributed by atoms with Crippen LogP contribution in [0.2, 0.25) is 0 Å². The minimum atomic E-state index is -0.446. The second kappa shape index (κ2) is 7.02. The van der Waals surface area contributed by atoms with Gasteiger partial charge in [0.25, 0.3) is 0 Å². The van der Waals surface area contributed by atoms with Crippen molar-refractivity contribution in [2.24, 2.45) is 11.8 Å². The molecule has 0 saturated heterocycles. The normalized spacial score (nSPS) is 24.7. The van der Waals surface area contributed by atoms with Crippen molar-refractivity contribution >= 4 is 5.78 Å². The number of aryl methyl sites for hydroxylation is 1. The maximum absolute atomic E-state index is 12.7. The summed E-state index contributed by atoms with van der Waals surface area (Å²) in [5, 5.41) is 5.13. The number of ketones is 1. The van der Waals surface area contributed by atoms with Crippen LogP contribution in [0.3, 0.4) is 0 Å². The van der Waals surface area contributed by atoms with E-state index in [1.54, 1.807) is 12.4 Å². The zero-order valence-electron chi connectivity index (χ0n) is 18.0. The third-order valence-corrected chi connectivity index (χ3v) is 7.03. The lowest BCUT2D eigenvalue weighted by Gasteiger charge is -2.44. The second-order valence-corrected chi connectivity index (χ2v) is 8.88. The van der Waals surface area contributed by atoms with E-state index in [4.69, 9.17) is 11.7 Å². The number of rotatable bonds is 2. The first-order chi connectivity index (χ1) is 14.9. The Hall–Kier alpha value is -3.52. The molecule has 5 nitrogen and oxygen atoms in total. The van der Waals surface area contributed by atoms with Crippen LogP contribution in [0.1, 0.15) is 37.1 Å². The molecule has 0 aliphatic heterocycles. The van der Waals surface area contributed by atoms with Gasteiger partial charge in [0.15, 0.2) is 5.78 Å². The first kappa shape index (κ1) is 19.4. The molecule has 0 bridgehead atoms.